The van der Waals surface area contributed by atoms with Crippen LogP contribution >= 0.6 is 22.9 Å². The summed E-state index contributed by atoms with van der Waals surface area (Å²) in [4.78, 5) is 12.8. The standard InChI is InChI=1S/C13H11ClN4O2S/c14-12-3-2-11(21-12)10-8-9(17-20-10)13(19)15-5-7-18-6-1-4-16-18/h1-4,6,8H,5,7H2,(H,15,19). The average molecular weight is 323 g/mol. The van der Waals surface area contributed by atoms with Gasteiger partial charge in [-0.25, -0.2) is 0 Å². The van der Waals surface area contributed by atoms with Gasteiger partial charge in [-0.2, -0.15) is 5.10 Å². The predicted molar refractivity (Wildman–Crippen MR) is 79.4 cm³/mol. The molecule has 0 unspecified atom stereocenters. The third-order valence-electron chi connectivity index (χ3n) is 2.74. The number of aromatic nitrogens is 3. The minimum atomic E-state index is -0.278. The summed E-state index contributed by atoms with van der Waals surface area (Å²) in [6.45, 7) is 1.07. The van der Waals surface area contributed by atoms with Crippen LogP contribution in [0, 0.1) is 0 Å². The quantitative estimate of drug-likeness (QED) is 0.784. The third-order valence-corrected chi connectivity index (χ3v) is 3.99. The topological polar surface area (TPSA) is 73.0 Å². The Morgan fingerprint density at radius 1 is 1.48 bits per heavy atom. The first kappa shape index (κ1) is 13.8. The van der Waals surface area contributed by atoms with Gasteiger partial charge in [-0.05, 0) is 18.2 Å². The molecule has 0 saturated heterocycles. The van der Waals surface area contributed by atoms with Crippen molar-refractivity contribution < 1.29 is 9.32 Å². The van der Waals surface area contributed by atoms with Crippen molar-refractivity contribution in [1.29, 1.82) is 0 Å². The molecule has 0 spiro atoms. The first-order valence-electron chi connectivity index (χ1n) is 6.20. The molecule has 8 heteroatoms. The monoisotopic (exact) mass is 322 g/mol. The van der Waals surface area contributed by atoms with Crippen LogP contribution in [0.15, 0.2) is 41.2 Å². The summed E-state index contributed by atoms with van der Waals surface area (Å²) in [7, 11) is 0. The van der Waals surface area contributed by atoms with Crippen LogP contribution in [0.2, 0.25) is 4.34 Å². The summed E-state index contributed by atoms with van der Waals surface area (Å²) < 4.78 is 7.56. The minimum absolute atomic E-state index is 0.245. The van der Waals surface area contributed by atoms with E-state index in [1.54, 1.807) is 23.0 Å². The summed E-state index contributed by atoms with van der Waals surface area (Å²) in [5, 5.41) is 10.6. The molecule has 3 aromatic heterocycles. The van der Waals surface area contributed by atoms with E-state index in [1.165, 1.54) is 11.3 Å². The van der Waals surface area contributed by atoms with Crippen molar-refractivity contribution in [2.24, 2.45) is 0 Å². The lowest BCUT2D eigenvalue weighted by Gasteiger charge is -2.02. The van der Waals surface area contributed by atoms with Gasteiger partial charge < -0.3 is 9.84 Å². The Morgan fingerprint density at radius 2 is 2.38 bits per heavy atom. The normalized spacial score (nSPS) is 10.7. The molecule has 3 heterocycles. The fourth-order valence-electron chi connectivity index (χ4n) is 1.75. The molecule has 1 N–H and O–H groups in total. The van der Waals surface area contributed by atoms with Gasteiger partial charge >= 0.3 is 0 Å². The second-order valence-electron chi connectivity index (χ2n) is 4.21. The van der Waals surface area contributed by atoms with Crippen LogP contribution in [0.3, 0.4) is 0 Å². The van der Waals surface area contributed by atoms with Crippen molar-refractivity contribution in [1.82, 2.24) is 20.3 Å². The van der Waals surface area contributed by atoms with Crippen molar-refractivity contribution in [2.45, 2.75) is 6.54 Å². The number of halogens is 1. The number of hydrogen-bond donors (Lipinski definition) is 1. The number of carbonyl (C=O) groups is 1. The number of rotatable bonds is 5. The van der Waals surface area contributed by atoms with Crippen molar-refractivity contribution in [3.63, 3.8) is 0 Å². The molecule has 0 aliphatic heterocycles. The summed E-state index contributed by atoms with van der Waals surface area (Å²) in [6, 6.07) is 7.03. The van der Waals surface area contributed by atoms with Crippen LogP contribution in [0.25, 0.3) is 10.6 Å². The second-order valence-corrected chi connectivity index (χ2v) is 5.92. The third kappa shape index (κ3) is 3.32. The number of nitrogens with zero attached hydrogens (tertiary/aromatic N) is 3. The molecule has 0 bridgehead atoms. The number of carbonyl (C=O) groups excluding carboxylic acids is 1. The van der Waals surface area contributed by atoms with Crippen LogP contribution < -0.4 is 5.32 Å². The van der Waals surface area contributed by atoms with Crippen molar-refractivity contribution in [2.75, 3.05) is 6.54 Å². The summed E-state index contributed by atoms with van der Waals surface area (Å²) >= 11 is 7.24. The van der Waals surface area contributed by atoms with E-state index in [0.29, 0.717) is 23.2 Å². The van der Waals surface area contributed by atoms with Gasteiger partial charge in [-0.1, -0.05) is 16.8 Å². The molecule has 3 aromatic rings. The molecule has 21 heavy (non-hydrogen) atoms. The SMILES string of the molecule is O=C(NCCn1cccn1)c1cc(-c2ccc(Cl)s2)on1. The van der Waals surface area contributed by atoms with Crippen LogP contribution in [0.5, 0.6) is 0 Å². The molecule has 0 atom stereocenters. The lowest BCUT2D eigenvalue weighted by Crippen LogP contribution is -2.27. The molecular formula is C13H11ClN4O2S. The first-order valence-corrected chi connectivity index (χ1v) is 7.40. The largest absolute Gasteiger partial charge is 0.355 e. The highest BCUT2D eigenvalue weighted by Crippen LogP contribution is 2.31. The number of amides is 1. The highest BCUT2D eigenvalue weighted by Gasteiger charge is 2.14. The zero-order chi connectivity index (χ0) is 14.7. The molecule has 0 fully saturated rings. The Balaban J connectivity index is 1.59. The maximum absolute atomic E-state index is 11.9. The van der Waals surface area contributed by atoms with Crippen LogP contribution in [-0.4, -0.2) is 27.4 Å². The number of nitrogens with one attached hydrogen (secondary N) is 1. The average Bonchev–Trinajstić information content (AvgIpc) is 3.19. The van der Waals surface area contributed by atoms with E-state index in [9.17, 15) is 4.79 Å². The predicted octanol–water partition coefficient (Wildman–Crippen LogP) is 2.68. The zero-order valence-electron chi connectivity index (χ0n) is 10.8. The van der Waals surface area contributed by atoms with Crippen LogP contribution in [-0.2, 0) is 6.54 Å². The second kappa shape index (κ2) is 6.11. The molecule has 3 rings (SSSR count). The van der Waals surface area contributed by atoms with Gasteiger partial charge in [0, 0.05) is 25.0 Å². The Hall–Kier alpha value is -2.12. The van der Waals surface area contributed by atoms with Crippen LogP contribution in [0.1, 0.15) is 10.5 Å². The fraction of sp³-hybridized carbons (Fsp3) is 0.154. The van der Waals surface area contributed by atoms with Crippen molar-refractivity contribution in [3.05, 3.63) is 46.7 Å². The van der Waals surface area contributed by atoms with Gasteiger partial charge in [-0.15, -0.1) is 11.3 Å². The Labute approximate surface area is 129 Å². The molecular weight excluding hydrogens is 312 g/mol. The molecule has 6 nitrogen and oxygen atoms in total. The maximum atomic E-state index is 11.9. The minimum Gasteiger partial charge on any atom is -0.355 e. The van der Waals surface area contributed by atoms with E-state index >= 15 is 0 Å². The highest BCUT2D eigenvalue weighted by molar-refractivity contribution is 7.19. The van der Waals surface area contributed by atoms with Gasteiger partial charge in [0.2, 0.25) is 0 Å². The van der Waals surface area contributed by atoms with Gasteiger partial charge in [0.05, 0.1) is 15.8 Å². The van der Waals surface area contributed by atoms with E-state index < -0.39 is 0 Å². The van der Waals surface area contributed by atoms with Gasteiger partial charge in [-0.3, -0.25) is 9.48 Å². The summed E-state index contributed by atoms with van der Waals surface area (Å²) in [5.41, 5.74) is 0.245. The van der Waals surface area contributed by atoms with E-state index in [1.807, 2.05) is 18.3 Å². The first-order chi connectivity index (χ1) is 10.2. The maximum Gasteiger partial charge on any atom is 0.273 e. The molecule has 0 aliphatic rings. The van der Waals surface area contributed by atoms with Crippen LogP contribution in [0.4, 0.5) is 0 Å². The van der Waals surface area contributed by atoms with E-state index in [0.717, 1.165) is 4.88 Å². The van der Waals surface area contributed by atoms with Gasteiger partial charge in [0.1, 0.15) is 0 Å². The van der Waals surface area contributed by atoms with E-state index in [-0.39, 0.29) is 11.6 Å². The number of thiophene rings is 1. The van der Waals surface area contributed by atoms with Gasteiger partial charge in [0.15, 0.2) is 11.5 Å². The Morgan fingerprint density at radius 3 is 3.10 bits per heavy atom. The molecule has 0 aromatic carbocycles. The molecule has 0 saturated carbocycles. The lowest BCUT2D eigenvalue weighted by molar-refractivity contribution is 0.0943. The van der Waals surface area contributed by atoms with Gasteiger partial charge in [0.25, 0.3) is 5.91 Å². The van der Waals surface area contributed by atoms with Crippen molar-refractivity contribution in [3.8, 4) is 10.6 Å². The summed E-state index contributed by atoms with van der Waals surface area (Å²) in [5.74, 6) is 0.254. The lowest BCUT2D eigenvalue weighted by atomic mass is 10.3. The Bertz CT molecular complexity index is 735. The van der Waals surface area contributed by atoms with E-state index in [2.05, 4.69) is 15.6 Å². The highest BCUT2D eigenvalue weighted by atomic mass is 35.5. The molecule has 1 amide bonds. The molecule has 108 valence electrons. The molecule has 0 radical (unpaired) electrons. The summed E-state index contributed by atoms with van der Waals surface area (Å²) in [6.07, 6.45) is 3.53. The Kier molecular flexibility index (Phi) is 4.03. The van der Waals surface area contributed by atoms with E-state index in [4.69, 9.17) is 16.1 Å². The smallest absolute Gasteiger partial charge is 0.273 e. The zero-order valence-corrected chi connectivity index (χ0v) is 12.4. The number of hydrogen-bond acceptors (Lipinski definition) is 5. The van der Waals surface area contributed by atoms with Crippen molar-refractivity contribution >= 4 is 28.8 Å². The fourth-order valence-corrected chi connectivity index (χ4v) is 2.74. The molecule has 0 aliphatic carbocycles.